The Hall–Kier alpha value is -2.84. The normalized spacial score (nSPS) is 14.3. The molecule has 1 heterocycles. The summed E-state index contributed by atoms with van der Waals surface area (Å²) in [5.41, 5.74) is 1.64. The van der Waals surface area contributed by atoms with E-state index in [1.54, 1.807) is 40.6 Å². The molecule has 1 aliphatic rings. The quantitative estimate of drug-likeness (QED) is 0.206. The van der Waals surface area contributed by atoms with Crippen LogP contribution in [0, 0.1) is 0 Å². The van der Waals surface area contributed by atoms with Gasteiger partial charge in [0, 0.05) is 31.6 Å². The lowest BCUT2D eigenvalue weighted by Crippen LogP contribution is -2.48. The minimum atomic E-state index is -0.281. The molecular formula is C31H47ClN2O6. The van der Waals surface area contributed by atoms with Crippen molar-refractivity contribution in [1.29, 1.82) is 0 Å². The maximum Gasteiger partial charge on any atom is 0.260 e. The second-order valence-corrected chi connectivity index (χ2v) is 10.0. The van der Waals surface area contributed by atoms with Gasteiger partial charge in [-0.2, -0.15) is 0 Å². The van der Waals surface area contributed by atoms with Crippen molar-refractivity contribution >= 4 is 18.3 Å². The van der Waals surface area contributed by atoms with Crippen LogP contribution >= 0.6 is 12.4 Å². The molecule has 3 rings (SSSR count). The molecule has 0 saturated carbocycles. The first kappa shape index (κ1) is 33.4. The van der Waals surface area contributed by atoms with Gasteiger partial charge in [-0.1, -0.05) is 44.7 Å². The van der Waals surface area contributed by atoms with E-state index in [1.165, 1.54) is 19.3 Å². The number of hydrogen-bond acceptors (Lipinski definition) is 7. The standard InChI is InChI=1S/C31H46N2O6.ClH/c1-7-8-9-10-11-16-29-33(31(34)24-21-27(36-4)28(37-5)22-26(24)39-29)19-13-18-32(2)20-17-23-14-12-15-25(35-3)30(23)38-6;/h12,14-15,21-22,29H,7-11,13,16-20H2,1-6H3;1H. The van der Waals surface area contributed by atoms with Crippen molar-refractivity contribution in [3.8, 4) is 28.7 Å². The molecule has 0 fully saturated rings. The third-order valence-electron chi connectivity index (χ3n) is 7.33. The zero-order valence-electron chi connectivity index (χ0n) is 25.0. The number of halogens is 1. The number of carbonyl (C=O) groups is 1. The SMILES string of the molecule is CCCCCCCC1Oc2cc(OC)c(OC)cc2C(=O)N1CCCN(C)CCc1cccc(OC)c1OC.Cl. The van der Waals surface area contributed by atoms with Gasteiger partial charge in [-0.25, -0.2) is 0 Å². The summed E-state index contributed by atoms with van der Waals surface area (Å²) < 4.78 is 28.3. The third kappa shape index (κ3) is 8.58. The smallest absolute Gasteiger partial charge is 0.260 e. The fraction of sp³-hybridized carbons (Fsp3) is 0.581. The summed E-state index contributed by atoms with van der Waals surface area (Å²) in [6.07, 6.45) is 8.05. The number of rotatable bonds is 17. The summed E-state index contributed by atoms with van der Waals surface area (Å²) >= 11 is 0. The van der Waals surface area contributed by atoms with E-state index in [0.29, 0.717) is 29.4 Å². The fourth-order valence-corrected chi connectivity index (χ4v) is 5.09. The zero-order chi connectivity index (χ0) is 28.2. The van der Waals surface area contributed by atoms with Crippen LogP contribution in [0.25, 0.3) is 0 Å². The molecule has 224 valence electrons. The predicted octanol–water partition coefficient (Wildman–Crippen LogP) is 6.23. The van der Waals surface area contributed by atoms with Crippen molar-refractivity contribution in [2.75, 3.05) is 55.1 Å². The first-order valence-electron chi connectivity index (χ1n) is 14.1. The number of unbranched alkanes of at least 4 members (excludes halogenated alkanes) is 4. The number of benzene rings is 2. The molecule has 2 aromatic rings. The van der Waals surface area contributed by atoms with Gasteiger partial charge < -0.3 is 33.5 Å². The Kier molecular flexibility index (Phi) is 14.2. The molecule has 9 heteroatoms. The highest BCUT2D eigenvalue weighted by molar-refractivity contribution is 5.98. The maximum absolute atomic E-state index is 13.7. The molecule has 0 spiro atoms. The van der Waals surface area contributed by atoms with Gasteiger partial charge in [-0.15, -0.1) is 12.4 Å². The van der Waals surface area contributed by atoms with E-state index < -0.39 is 0 Å². The van der Waals surface area contributed by atoms with Crippen LogP contribution in [-0.2, 0) is 6.42 Å². The molecule has 1 aliphatic heterocycles. The van der Waals surface area contributed by atoms with Crippen LogP contribution in [0.2, 0.25) is 0 Å². The first-order valence-corrected chi connectivity index (χ1v) is 14.1. The van der Waals surface area contributed by atoms with Gasteiger partial charge in [0.2, 0.25) is 0 Å². The summed E-state index contributed by atoms with van der Waals surface area (Å²) in [6, 6.07) is 9.48. The molecule has 1 atom stereocenters. The lowest BCUT2D eigenvalue weighted by molar-refractivity contribution is 0.00346. The molecule has 0 N–H and O–H groups in total. The Balaban J connectivity index is 0.00000560. The zero-order valence-corrected chi connectivity index (χ0v) is 25.8. The van der Waals surface area contributed by atoms with Gasteiger partial charge in [0.05, 0.1) is 34.0 Å². The fourth-order valence-electron chi connectivity index (χ4n) is 5.09. The van der Waals surface area contributed by atoms with Crippen LogP contribution in [0.1, 0.15) is 67.8 Å². The highest BCUT2D eigenvalue weighted by atomic mass is 35.5. The van der Waals surface area contributed by atoms with Gasteiger partial charge in [-0.3, -0.25) is 4.79 Å². The van der Waals surface area contributed by atoms with Gasteiger partial charge in [0.25, 0.3) is 5.91 Å². The van der Waals surface area contributed by atoms with Crippen molar-refractivity contribution in [1.82, 2.24) is 9.80 Å². The van der Waals surface area contributed by atoms with E-state index in [4.69, 9.17) is 23.7 Å². The highest BCUT2D eigenvalue weighted by Crippen LogP contribution is 2.39. The summed E-state index contributed by atoms with van der Waals surface area (Å²) in [6.45, 7) is 4.57. The topological polar surface area (TPSA) is 69.7 Å². The Morgan fingerprint density at radius 1 is 0.875 bits per heavy atom. The van der Waals surface area contributed by atoms with Crippen molar-refractivity contribution in [3.05, 3.63) is 41.5 Å². The molecule has 2 aromatic carbocycles. The maximum atomic E-state index is 13.7. The van der Waals surface area contributed by atoms with E-state index in [2.05, 4.69) is 24.9 Å². The molecule has 0 radical (unpaired) electrons. The number of para-hydroxylation sites is 1. The minimum Gasteiger partial charge on any atom is -0.493 e. The molecule has 0 aliphatic carbocycles. The lowest BCUT2D eigenvalue weighted by atomic mass is 10.1. The van der Waals surface area contributed by atoms with Crippen LogP contribution < -0.4 is 23.7 Å². The van der Waals surface area contributed by atoms with E-state index in [0.717, 1.165) is 62.3 Å². The molecule has 0 bridgehead atoms. The number of methoxy groups -OCH3 is 4. The number of hydrogen-bond donors (Lipinski definition) is 0. The second kappa shape index (κ2) is 17.1. The van der Waals surface area contributed by atoms with E-state index in [9.17, 15) is 4.79 Å². The van der Waals surface area contributed by atoms with Crippen LogP contribution in [-0.4, -0.2) is 77.1 Å². The highest BCUT2D eigenvalue weighted by Gasteiger charge is 2.34. The number of carbonyl (C=O) groups excluding carboxylic acids is 1. The van der Waals surface area contributed by atoms with Crippen LogP contribution in [0.5, 0.6) is 28.7 Å². The number of amides is 1. The summed E-state index contributed by atoms with van der Waals surface area (Å²) in [5, 5.41) is 0. The van der Waals surface area contributed by atoms with Gasteiger partial charge in [0.15, 0.2) is 29.2 Å². The van der Waals surface area contributed by atoms with E-state index >= 15 is 0 Å². The monoisotopic (exact) mass is 578 g/mol. The summed E-state index contributed by atoms with van der Waals surface area (Å²) in [4.78, 5) is 17.8. The van der Waals surface area contributed by atoms with Gasteiger partial charge >= 0.3 is 0 Å². The summed E-state index contributed by atoms with van der Waals surface area (Å²) in [7, 11) is 8.61. The van der Waals surface area contributed by atoms with E-state index in [1.807, 2.05) is 17.0 Å². The summed E-state index contributed by atoms with van der Waals surface area (Å²) in [5.74, 6) is 3.18. The van der Waals surface area contributed by atoms with Crippen molar-refractivity contribution in [2.45, 2.75) is 64.5 Å². The average Bonchev–Trinajstić information content (AvgIpc) is 2.96. The molecule has 1 amide bonds. The Morgan fingerprint density at radius 3 is 2.25 bits per heavy atom. The van der Waals surface area contributed by atoms with E-state index in [-0.39, 0.29) is 24.5 Å². The molecule has 1 unspecified atom stereocenters. The molecule has 0 aromatic heterocycles. The third-order valence-corrected chi connectivity index (χ3v) is 7.33. The van der Waals surface area contributed by atoms with Gasteiger partial charge in [0.1, 0.15) is 5.75 Å². The minimum absolute atomic E-state index is 0. The molecule has 8 nitrogen and oxygen atoms in total. The number of ether oxygens (including phenoxy) is 5. The molecule has 0 saturated heterocycles. The predicted molar refractivity (Wildman–Crippen MR) is 161 cm³/mol. The van der Waals surface area contributed by atoms with Crippen molar-refractivity contribution in [3.63, 3.8) is 0 Å². The van der Waals surface area contributed by atoms with Gasteiger partial charge in [-0.05, 0) is 44.5 Å². The molecule has 40 heavy (non-hydrogen) atoms. The Labute approximate surface area is 246 Å². The second-order valence-electron chi connectivity index (χ2n) is 10.0. The van der Waals surface area contributed by atoms with Crippen molar-refractivity contribution in [2.24, 2.45) is 0 Å². The van der Waals surface area contributed by atoms with Crippen molar-refractivity contribution < 1.29 is 28.5 Å². The number of fused-ring (bicyclic) bond motifs is 1. The molecular weight excluding hydrogens is 532 g/mol. The lowest BCUT2D eigenvalue weighted by Gasteiger charge is -2.37. The van der Waals surface area contributed by atoms with Crippen LogP contribution in [0.3, 0.4) is 0 Å². The first-order chi connectivity index (χ1) is 19.0. The number of nitrogens with zero attached hydrogens (tertiary/aromatic N) is 2. The largest absolute Gasteiger partial charge is 0.493 e. The Bertz CT molecular complexity index is 1070. The Morgan fingerprint density at radius 2 is 1.57 bits per heavy atom. The number of likely N-dealkylation sites (N-methyl/N-ethyl adjacent to an activating group) is 1. The van der Waals surface area contributed by atoms with Crippen LogP contribution in [0.4, 0.5) is 0 Å². The van der Waals surface area contributed by atoms with Crippen LogP contribution in [0.15, 0.2) is 30.3 Å². The average molecular weight is 579 g/mol.